The van der Waals surface area contributed by atoms with Crippen molar-refractivity contribution in [3.63, 3.8) is 0 Å². The molecule has 20 heavy (non-hydrogen) atoms. The van der Waals surface area contributed by atoms with Crippen LogP contribution >= 0.6 is 0 Å². The van der Waals surface area contributed by atoms with Crippen molar-refractivity contribution in [2.24, 2.45) is 5.92 Å². The second-order valence-corrected chi connectivity index (χ2v) is 6.52. The molecule has 0 spiro atoms. The smallest absolute Gasteiger partial charge is 0.0224 e. The van der Waals surface area contributed by atoms with E-state index in [1.807, 2.05) is 0 Å². The third kappa shape index (κ3) is 4.64. The summed E-state index contributed by atoms with van der Waals surface area (Å²) < 4.78 is 2.38. The highest BCUT2D eigenvalue weighted by Crippen LogP contribution is 2.15. The second-order valence-electron chi connectivity index (χ2n) is 6.52. The van der Waals surface area contributed by atoms with Crippen LogP contribution in [0.2, 0.25) is 0 Å². The molecular weight excluding hydrogens is 246 g/mol. The van der Waals surface area contributed by atoms with Gasteiger partial charge in [0.05, 0.1) is 0 Å². The van der Waals surface area contributed by atoms with Gasteiger partial charge in [0.15, 0.2) is 0 Å². The van der Waals surface area contributed by atoms with Crippen LogP contribution in [0, 0.1) is 19.8 Å². The van der Waals surface area contributed by atoms with E-state index in [-0.39, 0.29) is 0 Å². The van der Waals surface area contributed by atoms with Crippen LogP contribution in [0.25, 0.3) is 0 Å². The van der Waals surface area contributed by atoms with Gasteiger partial charge in [0.1, 0.15) is 0 Å². The highest BCUT2D eigenvalue weighted by Gasteiger charge is 2.13. The number of nitrogens with zero attached hydrogens (tertiary/aromatic N) is 2. The Morgan fingerprint density at radius 2 is 1.90 bits per heavy atom. The van der Waals surface area contributed by atoms with Crippen LogP contribution in [0.1, 0.15) is 44.1 Å². The van der Waals surface area contributed by atoms with Gasteiger partial charge >= 0.3 is 0 Å². The quantitative estimate of drug-likeness (QED) is 0.788. The summed E-state index contributed by atoms with van der Waals surface area (Å²) in [7, 11) is 4.36. The first kappa shape index (κ1) is 17.3. The number of aryl methyl sites for hydroxylation is 1. The van der Waals surface area contributed by atoms with E-state index in [2.05, 4.69) is 69.6 Å². The zero-order valence-corrected chi connectivity index (χ0v) is 14.5. The Labute approximate surface area is 125 Å². The molecule has 1 rings (SSSR count). The highest BCUT2D eigenvalue weighted by molar-refractivity contribution is 5.26. The minimum absolute atomic E-state index is 0.615. The van der Waals surface area contributed by atoms with Crippen LogP contribution in [-0.2, 0) is 13.1 Å². The molecule has 0 aromatic carbocycles. The lowest BCUT2D eigenvalue weighted by atomic mass is 10.0. The Bertz CT molecular complexity index is 405. The van der Waals surface area contributed by atoms with Crippen LogP contribution in [0.3, 0.4) is 0 Å². The van der Waals surface area contributed by atoms with Gasteiger partial charge in [0.25, 0.3) is 0 Å². The molecule has 0 aliphatic rings. The first-order valence-corrected chi connectivity index (χ1v) is 7.89. The lowest BCUT2D eigenvalue weighted by Crippen LogP contribution is -2.38. The van der Waals surface area contributed by atoms with Gasteiger partial charge in [0, 0.05) is 37.1 Å². The highest BCUT2D eigenvalue weighted by atomic mass is 15.1. The Hall–Kier alpha value is -0.800. The topological polar surface area (TPSA) is 20.2 Å². The molecule has 3 heteroatoms. The molecule has 1 atom stereocenters. The number of rotatable bonds is 8. The number of likely N-dealkylation sites (N-methyl/N-ethyl adjacent to an activating group) is 1. The van der Waals surface area contributed by atoms with Gasteiger partial charge < -0.3 is 14.8 Å². The summed E-state index contributed by atoms with van der Waals surface area (Å²) in [6.07, 6.45) is 1.24. The molecule has 1 aromatic heterocycles. The maximum Gasteiger partial charge on any atom is 0.0224 e. The standard InChI is InChI=1S/C17H33N3/c1-8-20-14(4)10-16(15(20)5)11-18-12-17(19(6)7)9-13(2)3/h10,13,17-18H,8-9,11-12H2,1-7H3. The van der Waals surface area contributed by atoms with Gasteiger partial charge in [-0.1, -0.05) is 13.8 Å². The Kier molecular flexibility index (Phi) is 6.77. The van der Waals surface area contributed by atoms with Crippen molar-refractivity contribution in [1.29, 1.82) is 0 Å². The molecule has 3 nitrogen and oxygen atoms in total. The Morgan fingerprint density at radius 3 is 2.35 bits per heavy atom. The first-order valence-electron chi connectivity index (χ1n) is 7.89. The van der Waals surface area contributed by atoms with Gasteiger partial charge in [-0.3, -0.25) is 0 Å². The van der Waals surface area contributed by atoms with Gasteiger partial charge in [-0.25, -0.2) is 0 Å². The molecule has 1 N–H and O–H groups in total. The van der Waals surface area contributed by atoms with Crippen molar-refractivity contribution in [2.45, 2.75) is 60.2 Å². The minimum atomic E-state index is 0.615. The average molecular weight is 279 g/mol. The summed E-state index contributed by atoms with van der Waals surface area (Å²) in [5.41, 5.74) is 4.21. The third-order valence-electron chi connectivity index (χ3n) is 4.16. The lowest BCUT2D eigenvalue weighted by Gasteiger charge is -2.26. The maximum absolute atomic E-state index is 3.64. The minimum Gasteiger partial charge on any atom is -0.349 e. The van der Waals surface area contributed by atoms with E-state index in [0.717, 1.165) is 25.6 Å². The van der Waals surface area contributed by atoms with Gasteiger partial charge in [0.2, 0.25) is 0 Å². The van der Waals surface area contributed by atoms with Crippen molar-refractivity contribution in [3.05, 3.63) is 23.0 Å². The van der Waals surface area contributed by atoms with Crippen molar-refractivity contribution in [3.8, 4) is 0 Å². The fourth-order valence-corrected chi connectivity index (χ4v) is 2.93. The molecule has 1 unspecified atom stereocenters. The number of hydrogen-bond donors (Lipinski definition) is 1. The summed E-state index contributed by atoms with van der Waals surface area (Å²) in [6, 6.07) is 2.93. The molecule has 1 heterocycles. The second kappa shape index (κ2) is 7.84. The SMILES string of the molecule is CCn1c(C)cc(CNCC(CC(C)C)N(C)C)c1C. The summed E-state index contributed by atoms with van der Waals surface area (Å²) in [5.74, 6) is 0.745. The van der Waals surface area contributed by atoms with E-state index in [0.29, 0.717) is 6.04 Å². The first-order chi connectivity index (χ1) is 9.36. The molecule has 1 aromatic rings. The molecule has 0 amide bonds. The van der Waals surface area contributed by atoms with Crippen molar-refractivity contribution < 1.29 is 0 Å². The third-order valence-corrected chi connectivity index (χ3v) is 4.16. The van der Waals surface area contributed by atoms with E-state index in [1.54, 1.807) is 0 Å². The predicted molar refractivity (Wildman–Crippen MR) is 88.2 cm³/mol. The van der Waals surface area contributed by atoms with E-state index >= 15 is 0 Å². The molecule has 0 bridgehead atoms. The zero-order valence-electron chi connectivity index (χ0n) is 14.5. The van der Waals surface area contributed by atoms with Crippen LogP contribution in [-0.4, -0.2) is 36.1 Å². The molecule has 0 saturated carbocycles. The van der Waals surface area contributed by atoms with E-state index < -0.39 is 0 Å². The van der Waals surface area contributed by atoms with Crippen LogP contribution in [0.4, 0.5) is 0 Å². The fraction of sp³-hybridized carbons (Fsp3) is 0.765. The molecule has 0 fully saturated rings. The number of aromatic nitrogens is 1. The van der Waals surface area contributed by atoms with Crippen LogP contribution in [0.15, 0.2) is 6.07 Å². The average Bonchev–Trinajstić information content (AvgIpc) is 2.62. The van der Waals surface area contributed by atoms with Crippen molar-refractivity contribution >= 4 is 0 Å². The normalized spacial score (nSPS) is 13.4. The van der Waals surface area contributed by atoms with E-state index in [4.69, 9.17) is 0 Å². The summed E-state index contributed by atoms with van der Waals surface area (Å²) in [6.45, 7) is 14.3. The van der Waals surface area contributed by atoms with E-state index in [9.17, 15) is 0 Å². The molecule has 0 aliphatic heterocycles. The monoisotopic (exact) mass is 279 g/mol. The molecule has 116 valence electrons. The predicted octanol–water partition coefficient (Wildman–Crippen LogP) is 3.19. The number of hydrogen-bond acceptors (Lipinski definition) is 2. The summed E-state index contributed by atoms with van der Waals surface area (Å²) >= 11 is 0. The van der Waals surface area contributed by atoms with Gasteiger partial charge in [-0.15, -0.1) is 0 Å². The van der Waals surface area contributed by atoms with Gasteiger partial charge in [-0.2, -0.15) is 0 Å². The number of nitrogens with one attached hydrogen (secondary N) is 1. The van der Waals surface area contributed by atoms with Crippen molar-refractivity contribution in [1.82, 2.24) is 14.8 Å². The molecular formula is C17H33N3. The Morgan fingerprint density at radius 1 is 1.25 bits per heavy atom. The largest absolute Gasteiger partial charge is 0.349 e. The lowest BCUT2D eigenvalue weighted by molar-refractivity contribution is 0.246. The fourth-order valence-electron chi connectivity index (χ4n) is 2.93. The van der Waals surface area contributed by atoms with Crippen LogP contribution in [0.5, 0.6) is 0 Å². The van der Waals surface area contributed by atoms with Crippen LogP contribution < -0.4 is 5.32 Å². The van der Waals surface area contributed by atoms with E-state index in [1.165, 1.54) is 23.4 Å². The van der Waals surface area contributed by atoms with Crippen molar-refractivity contribution in [2.75, 3.05) is 20.6 Å². The summed E-state index contributed by atoms with van der Waals surface area (Å²) in [5, 5.41) is 3.64. The zero-order chi connectivity index (χ0) is 15.3. The molecule has 0 radical (unpaired) electrons. The summed E-state index contributed by atoms with van der Waals surface area (Å²) in [4.78, 5) is 2.34. The molecule has 0 aliphatic carbocycles. The van der Waals surface area contributed by atoms with Gasteiger partial charge in [-0.05, 0) is 58.8 Å². The molecule has 0 saturated heterocycles. The Balaban J connectivity index is 2.54. The maximum atomic E-state index is 3.64.